The largest absolute Gasteiger partial charge is 0.568 e. The van der Waals surface area contributed by atoms with Crippen LogP contribution in [0.3, 0.4) is 0 Å². The highest BCUT2D eigenvalue weighted by Gasteiger charge is 2.42. The van der Waals surface area contributed by atoms with Crippen molar-refractivity contribution in [3.8, 4) is 11.6 Å². The topological polar surface area (TPSA) is 85.6 Å². The zero-order valence-electron chi connectivity index (χ0n) is 16.4. The first-order valence-electron chi connectivity index (χ1n) is 9.93. The van der Waals surface area contributed by atoms with Crippen molar-refractivity contribution >= 4 is 23.6 Å². The summed E-state index contributed by atoms with van der Waals surface area (Å²) >= 11 is 5.34. The van der Waals surface area contributed by atoms with Gasteiger partial charge in [-0.15, -0.1) is 0 Å². The van der Waals surface area contributed by atoms with Gasteiger partial charge in [0.15, 0.2) is 0 Å². The smallest absolute Gasteiger partial charge is 0.257 e. The Morgan fingerprint density at radius 3 is 2.48 bits per heavy atom. The van der Waals surface area contributed by atoms with E-state index in [9.17, 15) is 18.4 Å². The molecule has 1 aromatic carbocycles. The van der Waals surface area contributed by atoms with Gasteiger partial charge in [-0.25, -0.2) is 13.8 Å². The van der Waals surface area contributed by atoms with Crippen LogP contribution in [0.4, 0.5) is 8.78 Å². The zero-order chi connectivity index (χ0) is 22.0. The van der Waals surface area contributed by atoms with E-state index in [1.54, 1.807) is 0 Å². The summed E-state index contributed by atoms with van der Waals surface area (Å²) in [6.45, 7) is -0.0649. The lowest BCUT2D eigenvalue weighted by molar-refractivity contribution is -0.133. The lowest BCUT2D eigenvalue weighted by Gasteiger charge is -2.40. The number of benzene rings is 1. The highest BCUT2D eigenvalue weighted by Crippen LogP contribution is 2.36. The maximum Gasteiger partial charge on any atom is 0.257 e. The number of rotatable bonds is 6. The number of fused-ring (bicyclic) bond motifs is 2. The summed E-state index contributed by atoms with van der Waals surface area (Å²) in [5.41, 5.74) is -0.0592. The average Bonchev–Trinajstić information content (AvgIpc) is 3.02. The second kappa shape index (κ2) is 9.15. The molecule has 0 saturated carbocycles. The summed E-state index contributed by atoms with van der Waals surface area (Å²) in [6, 6.07) is 6.09. The summed E-state index contributed by atoms with van der Waals surface area (Å²) < 4.78 is 32.5. The normalized spacial score (nSPS) is 22.3. The molecule has 2 bridgehead atoms. The van der Waals surface area contributed by atoms with Crippen molar-refractivity contribution < 1.29 is 23.1 Å². The summed E-state index contributed by atoms with van der Waals surface area (Å²) in [6.07, 6.45) is 3.83. The minimum Gasteiger partial charge on any atom is -0.568 e. The van der Waals surface area contributed by atoms with Crippen LogP contribution >= 0.6 is 11.8 Å². The van der Waals surface area contributed by atoms with Crippen molar-refractivity contribution in [1.82, 2.24) is 15.2 Å². The fourth-order valence-electron chi connectivity index (χ4n) is 4.38. The molecule has 1 unspecified atom stereocenters. The van der Waals surface area contributed by atoms with Crippen LogP contribution in [0, 0.1) is 11.6 Å². The summed E-state index contributed by atoms with van der Waals surface area (Å²) in [7, 11) is 0. The number of halogens is 3. The molecule has 2 fully saturated rings. The van der Waals surface area contributed by atoms with Gasteiger partial charge in [0, 0.05) is 18.1 Å². The summed E-state index contributed by atoms with van der Waals surface area (Å²) in [4.78, 5) is 34.3. The summed E-state index contributed by atoms with van der Waals surface area (Å²) in [5.74, 6) is -1.56. The molecular weight excluding hydrogens is 430 g/mol. The molecule has 2 aliphatic rings. The number of nitrogens with one attached hydrogen (secondary N) is 1. The minimum absolute atomic E-state index is 0.00976. The van der Waals surface area contributed by atoms with Crippen molar-refractivity contribution in [3.63, 3.8) is 0 Å². The molecule has 2 saturated heterocycles. The van der Waals surface area contributed by atoms with Gasteiger partial charge in [0.25, 0.3) is 5.91 Å². The molecule has 10 heteroatoms. The number of hydrogen-bond acceptors (Lipinski definition) is 4. The third-order valence-corrected chi connectivity index (χ3v) is 5.76. The molecule has 2 aliphatic heterocycles. The first-order valence-corrected chi connectivity index (χ1v) is 10.3. The predicted molar refractivity (Wildman–Crippen MR) is 109 cm³/mol. The minimum atomic E-state index is -0.679. The maximum atomic E-state index is 13.8. The number of aromatic nitrogens is 1. The molecular formula is C21H20ClF2N4O3-. The lowest BCUT2D eigenvalue weighted by Crippen LogP contribution is -2.53. The molecule has 0 spiro atoms. The standard InChI is InChI=1S/C21H20ClF2N4O3/c22-26-11-19(29)28-15-3-4-16(28)9-14(8-15)27-20(30)18-7-13(24)10-25-21(18)31-17-5-1-12(23)2-6-17/h1-2,5-7,10,14-16H,3-4,8-9,11H2,(H,27,30)/q-1/t14?,15-,16+. The van der Waals surface area contributed by atoms with Crippen LogP contribution in [0.15, 0.2) is 36.5 Å². The lowest BCUT2D eigenvalue weighted by atomic mass is 9.96. The third-order valence-electron chi connectivity index (χ3n) is 5.64. The number of ether oxygens (including phenoxy) is 1. The molecule has 0 radical (unpaired) electrons. The van der Waals surface area contributed by atoms with Gasteiger partial charge < -0.3 is 19.8 Å². The van der Waals surface area contributed by atoms with Crippen molar-refractivity contribution in [1.29, 1.82) is 0 Å². The van der Waals surface area contributed by atoms with Gasteiger partial charge >= 0.3 is 0 Å². The SMILES string of the molecule is O=C(NC1C[C@H]2CC[C@@H](C1)N2C(=O)C[N-]Cl)c1cc(F)cnc1Oc1ccc(F)cc1. The van der Waals surface area contributed by atoms with Gasteiger partial charge in [-0.05, 0) is 56.0 Å². The Kier molecular flexibility index (Phi) is 6.33. The van der Waals surface area contributed by atoms with Gasteiger partial charge in [0.05, 0.1) is 6.20 Å². The van der Waals surface area contributed by atoms with Crippen LogP contribution in [-0.4, -0.2) is 46.4 Å². The average molecular weight is 450 g/mol. The molecule has 4 rings (SSSR count). The maximum absolute atomic E-state index is 13.8. The van der Waals surface area contributed by atoms with Crippen LogP contribution in [0.25, 0.3) is 4.84 Å². The van der Waals surface area contributed by atoms with Gasteiger partial charge in [-0.3, -0.25) is 21.4 Å². The number of carbonyl (C=O) groups excluding carboxylic acids is 2. The Morgan fingerprint density at radius 1 is 1.16 bits per heavy atom. The predicted octanol–water partition coefficient (Wildman–Crippen LogP) is 3.93. The number of hydrogen-bond donors (Lipinski definition) is 1. The summed E-state index contributed by atoms with van der Waals surface area (Å²) in [5, 5.41) is 2.92. The number of carbonyl (C=O) groups is 2. The zero-order valence-corrected chi connectivity index (χ0v) is 17.2. The third kappa shape index (κ3) is 4.77. The van der Waals surface area contributed by atoms with Crippen LogP contribution in [0.5, 0.6) is 11.6 Å². The van der Waals surface area contributed by atoms with Gasteiger partial charge in [0.1, 0.15) is 22.9 Å². The molecule has 7 nitrogen and oxygen atoms in total. The molecule has 0 aliphatic carbocycles. The Bertz CT molecular complexity index is 962. The van der Waals surface area contributed by atoms with Gasteiger partial charge in [-0.2, -0.15) is 0 Å². The quantitative estimate of drug-likeness (QED) is 0.724. The van der Waals surface area contributed by atoms with Crippen LogP contribution in [-0.2, 0) is 4.79 Å². The second-order valence-corrected chi connectivity index (χ2v) is 7.91. The van der Waals surface area contributed by atoms with Crippen LogP contribution in [0.2, 0.25) is 0 Å². The van der Waals surface area contributed by atoms with Gasteiger partial charge in [-0.1, -0.05) is 6.54 Å². The van der Waals surface area contributed by atoms with E-state index in [0.717, 1.165) is 25.1 Å². The van der Waals surface area contributed by atoms with Crippen molar-refractivity contribution in [2.24, 2.45) is 0 Å². The molecule has 2 aromatic rings. The van der Waals surface area contributed by atoms with E-state index in [1.807, 2.05) is 4.90 Å². The fourth-order valence-corrected chi connectivity index (χ4v) is 4.49. The van der Waals surface area contributed by atoms with Crippen molar-refractivity contribution in [2.45, 2.75) is 43.8 Å². The van der Waals surface area contributed by atoms with E-state index in [4.69, 9.17) is 16.5 Å². The Morgan fingerprint density at radius 2 is 1.84 bits per heavy atom. The Hall–Kier alpha value is -2.78. The highest BCUT2D eigenvalue weighted by atomic mass is 35.5. The van der Waals surface area contributed by atoms with Crippen LogP contribution in [0.1, 0.15) is 36.0 Å². The monoisotopic (exact) mass is 449 g/mol. The van der Waals surface area contributed by atoms with E-state index in [-0.39, 0.29) is 47.8 Å². The fraction of sp³-hybridized carbons (Fsp3) is 0.381. The number of pyridine rings is 1. The number of amides is 2. The van der Waals surface area contributed by atoms with E-state index in [0.29, 0.717) is 12.8 Å². The highest BCUT2D eigenvalue weighted by molar-refractivity contribution is 6.26. The van der Waals surface area contributed by atoms with E-state index < -0.39 is 17.5 Å². The van der Waals surface area contributed by atoms with E-state index in [1.165, 1.54) is 24.3 Å². The molecule has 1 N–H and O–H groups in total. The molecule has 31 heavy (non-hydrogen) atoms. The molecule has 3 atom stereocenters. The van der Waals surface area contributed by atoms with Crippen molar-refractivity contribution in [2.75, 3.05) is 6.54 Å². The number of nitrogens with zero attached hydrogens (tertiary/aromatic N) is 3. The van der Waals surface area contributed by atoms with E-state index >= 15 is 0 Å². The first kappa shape index (κ1) is 21.5. The van der Waals surface area contributed by atoms with Gasteiger partial charge in [0.2, 0.25) is 11.8 Å². The second-order valence-electron chi connectivity index (χ2n) is 7.67. The van der Waals surface area contributed by atoms with Crippen molar-refractivity contribution in [3.05, 3.63) is 58.6 Å². The molecule has 2 amide bonds. The Balaban J connectivity index is 1.46. The van der Waals surface area contributed by atoms with E-state index in [2.05, 4.69) is 15.1 Å². The number of piperidine rings is 1. The molecule has 1 aromatic heterocycles. The first-order chi connectivity index (χ1) is 14.9. The van der Waals surface area contributed by atoms with Crippen LogP contribution < -0.4 is 10.1 Å². The Labute approximate surface area is 182 Å². The molecule has 3 heterocycles. The molecule has 164 valence electrons.